The summed E-state index contributed by atoms with van der Waals surface area (Å²) >= 11 is 7.49. The fourth-order valence-corrected chi connectivity index (χ4v) is 4.37. The van der Waals surface area contributed by atoms with Gasteiger partial charge in [0.15, 0.2) is 0 Å². The molecule has 0 bridgehead atoms. The Kier molecular flexibility index (Phi) is 6.69. The number of carbonyl (C=O) groups is 2. The van der Waals surface area contributed by atoms with Gasteiger partial charge >= 0.3 is 0 Å². The van der Waals surface area contributed by atoms with Crippen molar-refractivity contribution < 1.29 is 9.59 Å². The van der Waals surface area contributed by atoms with E-state index in [1.165, 1.54) is 11.3 Å². The molecule has 1 fully saturated rings. The normalized spacial score (nSPS) is 15.4. The molecular formula is C20H25ClN4O2S. The van der Waals surface area contributed by atoms with E-state index in [4.69, 9.17) is 11.6 Å². The van der Waals surface area contributed by atoms with Crippen LogP contribution in [-0.2, 0) is 4.79 Å². The van der Waals surface area contributed by atoms with E-state index in [2.05, 4.69) is 9.88 Å². The highest BCUT2D eigenvalue weighted by molar-refractivity contribution is 7.17. The highest BCUT2D eigenvalue weighted by Crippen LogP contribution is 2.30. The second-order valence-electron chi connectivity index (χ2n) is 7.15. The first kappa shape index (κ1) is 20.8. The molecule has 0 atom stereocenters. The van der Waals surface area contributed by atoms with Gasteiger partial charge in [-0.2, -0.15) is 0 Å². The smallest absolute Gasteiger partial charge is 0.265 e. The third kappa shape index (κ3) is 4.90. The van der Waals surface area contributed by atoms with E-state index in [0.717, 1.165) is 29.2 Å². The predicted octanol–water partition coefficient (Wildman–Crippen LogP) is 3.01. The summed E-state index contributed by atoms with van der Waals surface area (Å²) < 4.78 is 0. The molecule has 1 aliphatic rings. The molecule has 2 amide bonds. The number of hydrogen-bond donors (Lipinski definition) is 0. The van der Waals surface area contributed by atoms with Crippen LogP contribution in [0.2, 0.25) is 5.02 Å². The van der Waals surface area contributed by atoms with Gasteiger partial charge in [-0.05, 0) is 25.5 Å². The van der Waals surface area contributed by atoms with Crippen LogP contribution in [0.3, 0.4) is 0 Å². The van der Waals surface area contributed by atoms with Gasteiger partial charge in [-0.1, -0.05) is 23.7 Å². The molecule has 0 saturated carbocycles. The third-order valence-electron chi connectivity index (χ3n) is 4.80. The lowest BCUT2D eigenvalue weighted by Crippen LogP contribution is -2.39. The summed E-state index contributed by atoms with van der Waals surface area (Å²) in [5.74, 6) is 0.105. The van der Waals surface area contributed by atoms with Gasteiger partial charge in [-0.25, -0.2) is 4.98 Å². The van der Waals surface area contributed by atoms with Crippen LogP contribution in [-0.4, -0.2) is 78.3 Å². The summed E-state index contributed by atoms with van der Waals surface area (Å²) in [4.78, 5) is 35.9. The Morgan fingerprint density at radius 1 is 1.21 bits per heavy atom. The van der Waals surface area contributed by atoms with Crippen molar-refractivity contribution in [1.82, 2.24) is 19.7 Å². The molecule has 1 aromatic carbocycles. The van der Waals surface area contributed by atoms with Crippen LogP contribution in [0.4, 0.5) is 0 Å². The summed E-state index contributed by atoms with van der Waals surface area (Å²) in [6, 6.07) is 7.51. The second-order valence-corrected chi connectivity index (χ2v) is 8.59. The number of amides is 2. The van der Waals surface area contributed by atoms with Crippen molar-refractivity contribution in [2.24, 2.45) is 0 Å². The maximum atomic E-state index is 13.1. The monoisotopic (exact) mass is 420 g/mol. The van der Waals surface area contributed by atoms with Crippen LogP contribution < -0.4 is 0 Å². The SMILES string of the molecule is Cc1nc(-c2cccc(Cl)c2)sc1C(=O)N1CCCN(CC(=O)N(C)C)CC1. The van der Waals surface area contributed by atoms with E-state index in [1.807, 2.05) is 36.1 Å². The molecule has 0 radical (unpaired) electrons. The molecule has 0 unspecified atom stereocenters. The third-order valence-corrected chi connectivity index (χ3v) is 6.23. The highest BCUT2D eigenvalue weighted by atomic mass is 35.5. The van der Waals surface area contributed by atoms with Gasteiger partial charge in [0.1, 0.15) is 9.88 Å². The van der Waals surface area contributed by atoms with Crippen molar-refractivity contribution in [3.05, 3.63) is 39.9 Å². The van der Waals surface area contributed by atoms with Crippen LogP contribution in [0.5, 0.6) is 0 Å². The summed E-state index contributed by atoms with van der Waals surface area (Å²) in [5.41, 5.74) is 1.66. The minimum absolute atomic E-state index is 0.0177. The molecule has 3 rings (SSSR count). The van der Waals surface area contributed by atoms with Crippen molar-refractivity contribution in [3.8, 4) is 10.6 Å². The number of aryl methyl sites for hydroxylation is 1. The van der Waals surface area contributed by atoms with Gasteiger partial charge in [0.05, 0.1) is 12.2 Å². The van der Waals surface area contributed by atoms with Gasteiger partial charge < -0.3 is 9.80 Å². The Morgan fingerprint density at radius 2 is 2.00 bits per heavy atom. The molecule has 1 saturated heterocycles. The van der Waals surface area contributed by atoms with E-state index in [-0.39, 0.29) is 11.8 Å². The number of halogens is 1. The maximum absolute atomic E-state index is 13.1. The molecule has 6 nitrogen and oxygen atoms in total. The Hall–Kier alpha value is -1.96. The van der Waals surface area contributed by atoms with Crippen LogP contribution in [0.15, 0.2) is 24.3 Å². The predicted molar refractivity (Wildman–Crippen MR) is 113 cm³/mol. The molecule has 150 valence electrons. The standard InChI is InChI=1S/C20H25ClN4O2S/c1-14-18(28-19(22-14)15-6-4-7-16(21)12-15)20(27)25-9-5-8-24(10-11-25)13-17(26)23(2)3/h4,6-7,12H,5,8-11,13H2,1-3H3. The molecular weight excluding hydrogens is 396 g/mol. The first-order valence-corrected chi connectivity index (χ1v) is 10.5. The number of carbonyl (C=O) groups excluding carboxylic acids is 2. The van der Waals surface area contributed by atoms with Gasteiger partial charge in [0.25, 0.3) is 5.91 Å². The van der Waals surface area contributed by atoms with Crippen molar-refractivity contribution in [2.45, 2.75) is 13.3 Å². The van der Waals surface area contributed by atoms with Crippen molar-refractivity contribution >= 4 is 34.8 Å². The minimum Gasteiger partial charge on any atom is -0.348 e. The van der Waals surface area contributed by atoms with Crippen LogP contribution in [0, 0.1) is 6.92 Å². The number of hydrogen-bond acceptors (Lipinski definition) is 5. The summed E-state index contributed by atoms with van der Waals surface area (Å²) in [6.07, 6.45) is 0.853. The number of rotatable bonds is 4. The largest absolute Gasteiger partial charge is 0.348 e. The van der Waals surface area contributed by atoms with E-state index >= 15 is 0 Å². The number of nitrogens with zero attached hydrogens (tertiary/aromatic N) is 4. The van der Waals surface area contributed by atoms with Crippen molar-refractivity contribution in [2.75, 3.05) is 46.8 Å². The molecule has 2 heterocycles. The lowest BCUT2D eigenvalue weighted by molar-refractivity contribution is -0.129. The second kappa shape index (κ2) is 9.03. The van der Waals surface area contributed by atoms with Crippen LogP contribution in [0.25, 0.3) is 10.6 Å². The topological polar surface area (TPSA) is 56.8 Å². The molecule has 28 heavy (non-hydrogen) atoms. The Morgan fingerprint density at radius 3 is 2.71 bits per heavy atom. The van der Waals surface area contributed by atoms with E-state index in [1.54, 1.807) is 19.0 Å². The van der Waals surface area contributed by atoms with E-state index in [0.29, 0.717) is 36.1 Å². The summed E-state index contributed by atoms with van der Waals surface area (Å²) in [6.45, 7) is 5.09. The molecule has 0 N–H and O–H groups in total. The van der Waals surface area contributed by atoms with E-state index in [9.17, 15) is 9.59 Å². The lowest BCUT2D eigenvalue weighted by Gasteiger charge is -2.22. The van der Waals surface area contributed by atoms with Gasteiger partial charge in [-0.15, -0.1) is 11.3 Å². The molecule has 1 aliphatic heterocycles. The average molecular weight is 421 g/mol. The molecule has 0 spiro atoms. The summed E-state index contributed by atoms with van der Waals surface area (Å²) in [5, 5.41) is 1.45. The maximum Gasteiger partial charge on any atom is 0.265 e. The van der Waals surface area contributed by atoms with Crippen molar-refractivity contribution in [3.63, 3.8) is 0 Å². The van der Waals surface area contributed by atoms with Gasteiger partial charge in [0, 0.05) is 50.9 Å². The zero-order chi connectivity index (χ0) is 20.3. The lowest BCUT2D eigenvalue weighted by atomic mass is 10.2. The Balaban J connectivity index is 1.70. The van der Waals surface area contributed by atoms with Crippen LogP contribution >= 0.6 is 22.9 Å². The minimum atomic E-state index is 0.0177. The number of benzene rings is 1. The number of thiazole rings is 1. The summed E-state index contributed by atoms with van der Waals surface area (Å²) in [7, 11) is 3.53. The first-order chi connectivity index (χ1) is 13.3. The fraction of sp³-hybridized carbons (Fsp3) is 0.450. The molecule has 2 aromatic rings. The molecule has 0 aliphatic carbocycles. The quantitative estimate of drug-likeness (QED) is 0.762. The fourth-order valence-electron chi connectivity index (χ4n) is 3.15. The molecule has 1 aromatic heterocycles. The van der Waals surface area contributed by atoms with Crippen LogP contribution in [0.1, 0.15) is 21.8 Å². The van der Waals surface area contributed by atoms with E-state index < -0.39 is 0 Å². The van der Waals surface area contributed by atoms with Gasteiger partial charge in [-0.3, -0.25) is 14.5 Å². The zero-order valence-corrected chi connectivity index (χ0v) is 18.0. The first-order valence-electron chi connectivity index (χ1n) is 9.30. The van der Waals surface area contributed by atoms with Crippen molar-refractivity contribution in [1.29, 1.82) is 0 Å². The number of likely N-dealkylation sites (N-methyl/N-ethyl adjacent to an activating group) is 1. The zero-order valence-electron chi connectivity index (χ0n) is 16.4. The Labute approximate surface area is 174 Å². The number of aromatic nitrogens is 1. The molecule has 8 heteroatoms. The average Bonchev–Trinajstić information content (AvgIpc) is 2.89. The van der Waals surface area contributed by atoms with Gasteiger partial charge in [0.2, 0.25) is 5.91 Å². The Bertz CT molecular complexity index is 868. The highest BCUT2D eigenvalue weighted by Gasteiger charge is 2.25.